The van der Waals surface area contributed by atoms with Crippen molar-refractivity contribution in [2.75, 3.05) is 0 Å². The number of ether oxygens (including phenoxy) is 1. The summed E-state index contributed by atoms with van der Waals surface area (Å²) in [4.78, 5) is 17.1. The lowest BCUT2D eigenvalue weighted by Gasteiger charge is -2.19. The van der Waals surface area contributed by atoms with Crippen molar-refractivity contribution in [1.29, 1.82) is 0 Å². The highest BCUT2D eigenvalue weighted by Crippen LogP contribution is 2.44. The molecule has 0 N–H and O–H groups in total. The minimum Gasteiger partial charge on any atom is -0.488 e. The summed E-state index contributed by atoms with van der Waals surface area (Å²) in [7, 11) is 0. The number of ketones is 1. The van der Waals surface area contributed by atoms with Crippen LogP contribution in [0.1, 0.15) is 34.7 Å². The molecule has 2 aromatic carbocycles. The lowest BCUT2D eigenvalue weighted by molar-refractivity contribution is -0.116. The fraction of sp³-hybridized carbons (Fsp3) is 0.214. The van der Waals surface area contributed by atoms with Crippen LogP contribution < -0.4 is 4.74 Å². The fourth-order valence-electron chi connectivity index (χ4n) is 3.95. The molecule has 0 amide bonds. The van der Waals surface area contributed by atoms with Crippen LogP contribution in [-0.4, -0.2) is 10.8 Å². The van der Waals surface area contributed by atoms with Gasteiger partial charge in [-0.1, -0.05) is 30.3 Å². The number of thiophene rings is 1. The zero-order valence-corrected chi connectivity index (χ0v) is 19.8. The molecule has 3 nitrogen and oxygen atoms in total. The first-order chi connectivity index (χ1) is 15.4. The van der Waals surface area contributed by atoms with Crippen molar-refractivity contribution in [2.24, 2.45) is 0 Å². The van der Waals surface area contributed by atoms with Crippen LogP contribution in [0.2, 0.25) is 0 Å². The molecule has 32 heavy (non-hydrogen) atoms. The number of hydrogen-bond donors (Lipinski definition) is 0. The van der Waals surface area contributed by atoms with Crippen molar-refractivity contribution in [1.82, 2.24) is 4.98 Å². The Balaban J connectivity index is 1.78. The van der Waals surface area contributed by atoms with E-state index in [4.69, 9.17) is 4.74 Å². The summed E-state index contributed by atoms with van der Waals surface area (Å²) in [5.41, 5.74) is 9.08. The molecule has 0 unspecified atom stereocenters. The standard InChI is InChI=1S/C28H27NO2S/c1-18-12-26(31-17-22-8-6-5-7-9-22)27(21(4)20(18)3)25-10-11-32-28(25)24-14-23(13-19(2)30)15-29-16-24/h5-12,14-16H,13,17H2,1-4H3. The Labute approximate surface area is 193 Å². The minimum atomic E-state index is 0.136. The minimum absolute atomic E-state index is 0.136. The van der Waals surface area contributed by atoms with E-state index >= 15 is 0 Å². The Kier molecular flexibility index (Phi) is 6.52. The van der Waals surface area contributed by atoms with Crippen molar-refractivity contribution < 1.29 is 9.53 Å². The Morgan fingerprint density at radius 3 is 2.50 bits per heavy atom. The van der Waals surface area contributed by atoms with E-state index in [-0.39, 0.29) is 5.78 Å². The van der Waals surface area contributed by atoms with E-state index < -0.39 is 0 Å². The monoisotopic (exact) mass is 441 g/mol. The number of Topliss-reactive ketones (excluding diaryl/α,β-unsaturated/α-hetero) is 1. The topological polar surface area (TPSA) is 39.2 Å². The molecule has 0 atom stereocenters. The molecule has 4 rings (SSSR count). The number of rotatable bonds is 7. The molecule has 4 aromatic rings. The molecular weight excluding hydrogens is 414 g/mol. The number of hydrogen-bond acceptors (Lipinski definition) is 4. The predicted octanol–water partition coefficient (Wildman–Crippen LogP) is 7.11. The zero-order chi connectivity index (χ0) is 22.7. The highest BCUT2D eigenvalue weighted by atomic mass is 32.1. The van der Waals surface area contributed by atoms with Crippen LogP contribution in [0.3, 0.4) is 0 Å². The smallest absolute Gasteiger partial charge is 0.134 e. The largest absolute Gasteiger partial charge is 0.488 e. The Morgan fingerprint density at radius 1 is 0.969 bits per heavy atom. The van der Waals surface area contributed by atoms with Gasteiger partial charge in [0.2, 0.25) is 0 Å². The van der Waals surface area contributed by atoms with Gasteiger partial charge in [0.05, 0.1) is 0 Å². The van der Waals surface area contributed by atoms with Crippen LogP contribution in [0.5, 0.6) is 5.75 Å². The summed E-state index contributed by atoms with van der Waals surface area (Å²) in [5.74, 6) is 1.03. The molecule has 2 aromatic heterocycles. The van der Waals surface area contributed by atoms with Crippen LogP contribution in [0.4, 0.5) is 0 Å². The first-order valence-electron chi connectivity index (χ1n) is 10.7. The van der Waals surface area contributed by atoms with Crippen LogP contribution in [0, 0.1) is 20.8 Å². The Morgan fingerprint density at radius 2 is 1.75 bits per heavy atom. The van der Waals surface area contributed by atoms with E-state index in [1.54, 1.807) is 24.5 Å². The molecule has 2 heterocycles. The van der Waals surface area contributed by atoms with E-state index in [2.05, 4.69) is 61.5 Å². The van der Waals surface area contributed by atoms with Gasteiger partial charge in [-0.3, -0.25) is 9.78 Å². The van der Waals surface area contributed by atoms with Gasteiger partial charge in [0, 0.05) is 40.4 Å². The lowest BCUT2D eigenvalue weighted by Crippen LogP contribution is -2.01. The molecule has 4 heteroatoms. The van der Waals surface area contributed by atoms with Crippen molar-refractivity contribution in [3.05, 3.63) is 94.1 Å². The van der Waals surface area contributed by atoms with Crippen molar-refractivity contribution in [3.8, 4) is 27.3 Å². The van der Waals surface area contributed by atoms with E-state index in [1.165, 1.54) is 16.7 Å². The fourth-order valence-corrected chi connectivity index (χ4v) is 4.84. The van der Waals surface area contributed by atoms with E-state index in [9.17, 15) is 4.79 Å². The number of carbonyl (C=O) groups is 1. The molecule has 0 aliphatic carbocycles. The number of benzene rings is 2. The maximum Gasteiger partial charge on any atom is 0.134 e. The summed E-state index contributed by atoms with van der Waals surface area (Å²) in [5, 5.41) is 2.11. The number of aromatic nitrogens is 1. The Bertz CT molecular complexity index is 1260. The van der Waals surface area contributed by atoms with Crippen LogP contribution in [0.15, 0.2) is 66.3 Å². The van der Waals surface area contributed by atoms with Gasteiger partial charge >= 0.3 is 0 Å². The molecule has 0 aliphatic rings. The molecule has 0 radical (unpaired) electrons. The molecule has 0 spiro atoms. The van der Waals surface area contributed by atoms with Gasteiger partial charge in [0.25, 0.3) is 0 Å². The van der Waals surface area contributed by atoms with E-state index in [0.29, 0.717) is 13.0 Å². The van der Waals surface area contributed by atoms with Gasteiger partial charge in [0.15, 0.2) is 0 Å². The first-order valence-corrected chi connectivity index (χ1v) is 11.6. The highest BCUT2D eigenvalue weighted by Gasteiger charge is 2.19. The van der Waals surface area contributed by atoms with Crippen molar-refractivity contribution in [3.63, 3.8) is 0 Å². The normalized spacial score (nSPS) is 10.9. The Hall–Kier alpha value is -3.24. The number of aryl methyl sites for hydroxylation is 1. The van der Waals surface area contributed by atoms with Gasteiger partial charge in [-0.05, 0) is 79.1 Å². The maximum atomic E-state index is 11.6. The van der Waals surface area contributed by atoms with Gasteiger partial charge in [-0.15, -0.1) is 11.3 Å². The molecule has 0 saturated carbocycles. The SMILES string of the molecule is CC(=O)Cc1cncc(-c2sccc2-c2c(OCc3ccccc3)cc(C)c(C)c2C)c1. The third-order valence-electron chi connectivity index (χ3n) is 5.80. The second kappa shape index (κ2) is 9.49. The van der Waals surface area contributed by atoms with Crippen LogP contribution >= 0.6 is 11.3 Å². The molecule has 0 fully saturated rings. The second-order valence-corrected chi connectivity index (χ2v) is 9.13. The summed E-state index contributed by atoms with van der Waals surface area (Å²) in [6.45, 7) is 8.59. The zero-order valence-electron chi connectivity index (χ0n) is 18.9. The maximum absolute atomic E-state index is 11.6. The molecule has 0 saturated heterocycles. The molecule has 0 aliphatic heterocycles. The summed E-state index contributed by atoms with van der Waals surface area (Å²) in [6.07, 6.45) is 4.04. The third kappa shape index (κ3) is 4.66. The van der Waals surface area contributed by atoms with Crippen LogP contribution in [-0.2, 0) is 17.8 Å². The van der Waals surface area contributed by atoms with Crippen LogP contribution in [0.25, 0.3) is 21.6 Å². The average Bonchev–Trinajstić information content (AvgIpc) is 3.26. The van der Waals surface area contributed by atoms with Crippen molar-refractivity contribution in [2.45, 2.75) is 40.7 Å². The summed E-state index contributed by atoms with van der Waals surface area (Å²) < 4.78 is 6.38. The third-order valence-corrected chi connectivity index (χ3v) is 6.77. The van der Waals surface area contributed by atoms with Gasteiger partial charge in [-0.2, -0.15) is 0 Å². The molecule has 0 bridgehead atoms. The molecule has 162 valence electrons. The predicted molar refractivity (Wildman–Crippen MR) is 132 cm³/mol. The van der Waals surface area contributed by atoms with E-state index in [1.807, 2.05) is 24.4 Å². The number of carbonyl (C=O) groups excluding carboxylic acids is 1. The first kappa shape index (κ1) is 22.0. The highest BCUT2D eigenvalue weighted by molar-refractivity contribution is 7.14. The quantitative estimate of drug-likeness (QED) is 0.307. The second-order valence-electron chi connectivity index (χ2n) is 8.21. The van der Waals surface area contributed by atoms with Crippen molar-refractivity contribution >= 4 is 17.1 Å². The summed E-state index contributed by atoms with van der Waals surface area (Å²) in [6, 6.07) is 16.6. The van der Waals surface area contributed by atoms with Gasteiger partial charge in [0.1, 0.15) is 18.1 Å². The van der Waals surface area contributed by atoms with E-state index in [0.717, 1.165) is 38.4 Å². The van der Waals surface area contributed by atoms with Gasteiger partial charge in [-0.25, -0.2) is 0 Å². The number of pyridine rings is 1. The average molecular weight is 442 g/mol. The number of nitrogens with zero attached hydrogens (tertiary/aromatic N) is 1. The summed E-state index contributed by atoms with van der Waals surface area (Å²) >= 11 is 1.69. The molecular formula is C28H27NO2S. The lowest BCUT2D eigenvalue weighted by atomic mass is 9.92. The van der Waals surface area contributed by atoms with Gasteiger partial charge < -0.3 is 4.74 Å².